The molecule has 2 aliphatic rings. The zero-order chi connectivity index (χ0) is 25.7. The molecule has 1 saturated heterocycles. The van der Waals surface area contributed by atoms with Crippen LogP contribution in [-0.2, 0) is 16.1 Å². The molecule has 1 aliphatic heterocycles. The molecule has 1 N–H and O–H groups in total. The Bertz CT molecular complexity index is 1080. The van der Waals surface area contributed by atoms with Crippen LogP contribution in [0.15, 0.2) is 42.5 Å². The van der Waals surface area contributed by atoms with E-state index in [4.69, 9.17) is 9.47 Å². The van der Waals surface area contributed by atoms with Crippen LogP contribution in [-0.4, -0.2) is 49.1 Å². The lowest BCUT2D eigenvalue weighted by Gasteiger charge is -2.22. The number of halogens is 2. The number of carbonyl (C=O) groups excluding carboxylic acids is 2. The highest BCUT2D eigenvalue weighted by atomic mass is 19.3. The number of likely N-dealkylation sites (tertiary alicyclic amines) is 1. The van der Waals surface area contributed by atoms with Crippen molar-refractivity contribution in [3.63, 3.8) is 0 Å². The number of carbonyl (C=O) groups is 2. The van der Waals surface area contributed by atoms with Gasteiger partial charge in [0.05, 0.1) is 13.2 Å². The number of rotatable bonds is 11. The Balaban J connectivity index is 1.47. The van der Waals surface area contributed by atoms with Crippen molar-refractivity contribution in [2.75, 3.05) is 19.8 Å². The Morgan fingerprint density at radius 1 is 1.08 bits per heavy atom. The van der Waals surface area contributed by atoms with Gasteiger partial charge in [-0.1, -0.05) is 24.3 Å². The average molecular weight is 503 g/mol. The normalized spacial score (nSPS) is 19.3. The first-order valence-corrected chi connectivity index (χ1v) is 12.3. The van der Waals surface area contributed by atoms with Crippen molar-refractivity contribution in [1.29, 1.82) is 0 Å². The molecule has 2 aromatic carbocycles. The van der Waals surface area contributed by atoms with Gasteiger partial charge >= 0.3 is 6.61 Å². The second-order valence-corrected chi connectivity index (χ2v) is 9.22. The monoisotopic (exact) mass is 502 g/mol. The fourth-order valence-electron chi connectivity index (χ4n) is 4.50. The Morgan fingerprint density at radius 2 is 1.86 bits per heavy atom. The van der Waals surface area contributed by atoms with Crippen molar-refractivity contribution in [3.05, 3.63) is 53.6 Å². The summed E-state index contributed by atoms with van der Waals surface area (Å²) in [5, 5.41) is 2.94. The summed E-state index contributed by atoms with van der Waals surface area (Å²) in [5.41, 5.74) is 1.66. The maximum absolute atomic E-state index is 13.1. The van der Waals surface area contributed by atoms with Crippen LogP contribution in [0.3, 0.4) is 0 Å². The standard InChI is InChI=1S/C27H32F2N2O5/c1-3-34-23-7-5-4-6-20(23)14-30-26(33)22-12-21(15-31(22)17(2)32)19-10-11-24(36-27(28)29)25(13-19)35-16-18-8-9-18/h4-7,10-11,13,18,21-22,27H,3,8-9,12,14-16H2,1-2H3,(H,30,33). The largest absolute Gasteiger partial charge is 0.494 e. The van der Waals surface area contributed by atoms with Crippen molar-refractivity contribution < 1.29 is 32.6 Å². The first-order valence-electron chi connectivity index (χ1n) is 12.3. The molecule has 2 fully saturated rings. The molecule has 4 rings (SSSR count). The Kier molecular flexibility index (Phi) is 8.28. The number of nitrogens with one attached hydrogen (secondary N) is 1. The van der Waals surface area contributed by atoms with Crippen LogP contribution in [0, 0.1) is 5.92 Å². The number of hydrogen-bond donors (Lipinski definition) is 1. The molecular formula is C27H32F2N2O5. The van der Waals surface area contributed by atoms with Crippen LogP contribution < -0.4 is 19.5 Å². The van der Waals surface area contributed by atoms with Crippen LogP contribution in [0.4, 0.5) is 8.78 Å². The molecule has 1 aliphatic carbocycles. The minimum Gasteiger partial charge on any atom is -0.494 e. The van der Waals surface area contributed by atoms with Crippen LogP contribution >= 0.6 is 0 Å². The minimum atomic E-state index is -2.96. The van der Waals surface area contributed by atoms with Gasteiger partial charge < -0.3 is 24.4 Å². The molecule has 194 valence electrons. The van der Waals surface area contributed by atoms with E-state index in [1.165, 1.54) is 13.0 Å². The summed E-state index contributed by atoms with van der Waals surface area (Å²) < 4.78 is 41.8. The third kappa shape index (κ3) is 6.44. The van der Waals surface area contributed by atoms with E-state index in [1.807, 2.05) is 31.2 Å². The second kappa shape index (κ2) is 11.6. The van der Waals surface area contributed by atoms with Crippen molar-refractivity contribution in [2.24, 2.45) is 5.92 Å². The third-order valence-corrected chi connectivity index (χ3v) is 6.56. The highest BCUT2D eigenvalue weighted by Crippen LogP contribution is 2.39. The smallest absolute Gasteiger partial charge is 0.387 e. The molecule has 0 radical (unpaired) electrons. The molecule has 9 heteroatoms. The number of amides is 2. The SMILES string of the molecule is CCOc1ccccc1CNC(=O)C1CC(c2ccc(OC(F)F)c(OCC3CC3)c2)CN1C(C)=O. The zero-order valence-electron chi connectivity index (χ0n) is 20.5. The summed E-state index contributed by atoms with van der Waals surface area (Å²) in [6, 6.07) is 11.7. The Hall–Kier alpha value is -3.36. The summed E-state index contributed by atoms with van der Waals surface area (Å²) >= 11 is 0. The Morgan fingerprint density at radius 3 is 2.56 bits per heavy atom. The quantitative estimate of drug-likeness (QED) is 0.490. The first kappa shape index (κ1) is 25.7. The maximum atomic E-state index is 13.1. The van der Waals surface area contributed by atoms with Crippen LogP contribution in [0.2, 0.25) is 0 Å². The lowest BCUT2D eigenvalue weighted by Crippen LogP contribution is -2.44. The number of benzene rings is 2. The molecule has 0 aromatic heterocycles. The molecule has 0 bridgehead atoms. The minimum absolute atomic E-state index is 0.0157. The van der Waals surface area contributed by atoms with Gasteiger partial charge in [-0.2, -0.15) is 8.78 Å². The van der Waals surface area contributed by atoms with Crippen LogP contribution in [0.5, 0.6) is 17.2 Å². The van der Waals surface area contributed by atoms with E-state index in [-0.39, 0.29) is 35.8 Å². The molecule has 2 atom stereocenters. The van der Waals surface area contributed by atoms with Crippen LogP contribution in [0.25, 0.3) is 0 Å². The number of hydrogen-bond acceptors (Lipinski definition) is 5. The zero-order valence-corrected chi connectivity index (χ0v) is 20.5. The predicted octanol–water partition coefficient (Wildman–Crippen LogP) is 4.50. The summed E-state index contributed by atoms with van der Waals surface area (Å²) in [4.78, 5) is 27.1. The number of alkyl halides is 2. The number of nitrogens with zero attached hydrogens (tertiary/aromatic N) is 1. The van der Waals surface area contributed by atoms with Gasteiger partial charge in [0.2, 0.25) is 11.8 Å². The van der Waals surface area contributed by atoms with Crippen molar-refractivity contribution >= 4 is 11.8 Å². The van der Waals surface area contributed by atoms with Crippen molar-refractivity contribution in [1.82, 2.24) is 10.2 Å². The fraction of sp³-hybridized carbons (Fsp3) is 0.481. The van der Waals surface area contributed by atoms with E-state index in [0.717, 1.165) is 24.0 Å². The van der Waals surface area contributed by atoms with Gasteiger partial charge in [0.15, 0.2) is 11.5 Å². The predicted molar refractivity (Wildman–Crippen MR) is 129 cm³/mol. The van der Waals surface area contributed by atoms with Gasteiger partial charge in [0, 0.05) is 31.5 Å². The Labute approximate surface area is 209 Å². The molecule has 2 amide bonds. The van der Waals surface area contributed by atoms with Gasteiger partial charge in [-0.25, -0.2) is 0 Å². The molecule has 1 saturated carbocycles. The van der Waals surface area contributed by atoms with Crippen molar-refractivity contribution in [3.8, 4) is 17.2 Å². The molecule has 2 unspecified atom stereocenters. The van der Waals surface area contributed by atoms with Gasteiger partial charge in [-0.15, -0.1) is 0 Å². The van der Waals surface area contributed by atoms with E-state index in [2.05, 4.69) is 10.1 Å². The lowest BCUT2D eigenvalue weighted by molar-refractivity contribution is -0.136. The summed E-state index contributed by atoms with van der Waals surface area (Å²) in [6.45, 7) is 1.97. The van der Waals surface area contributed by atoms with Crippen LogP contribution in [0.1, 0.15) is 50.2 Å². The number of ether oxygens (including phenoxy) is 3. The highest BCUT2D eigenvalue weighted by Gasteiger charge is 2.39. The molecule has 2 aromatic rings. The van der Waals surface area contributed by atoms with Gasteiger partial charge in [0.25, 0.3) is 0 Å². The number of para-hydroxylation sites is 1. The third-order valence-electron chi connectivity index (χ3n) is 6.56. The average Bonchev–Trinajstić information content (AvgIpc) is 3.57. The molecule has 7 nitrogen and oxygen atoms in total. The molecule has 0 spiro atoms. The summed E-state index contributed by atoms with van der Waals surface area (Å²) in [7, 11) is 0. The van der Waals surface area contributed by atoms with Crippen molar-refractivity contribution in [2.45, 2.75) is 58.2 Å². The molecular weight excluding hydrogens is 470 g/mol. The van der Waals surface area contributed by atoms with E-state index < -0.39 is 12.7 Å². The van der Waals surface area contributed by atoms with Gasteiger partial charge in [-0.05, 0) is 55.9 Å². The highest BCUT2D eigenvalue weighted by molar-refractivity contribution is 5.87. The molecule has 36 heavy (non-hydrogen) atoms. The topological polar surface area (TPSA) is 77.1 Å². The summed E-state index contributed by atoms with van der Waals surface area (Å²) in [5.74, 6) is 0.792. The fourth-order valence-corrected chi connectivity index (χ4v) is 4.50. The van der Waals surface area contributed by atoms with E-state index in [9.17, 15) is 18.4 Å². The molecule has 1 heterocycles. The van der Waals surface area contributed by atoms with E-state index in [1.54, 1.807) is 17.0 Å². The van der Waals surface area contributed by atoms with Gasteiger partial charge in [0.1, 0.15) is 11.8 Å². The summed E-state index contributed by atoms with van der Waals surface area (Å²) in [6.07, 6.45) is 2.54. The second-order valence-electron chi connectivity index (χ2n) is 9.22. The van der Waals surface area contributed by atoms with Gasteiger partial charge in [-0.3, -0.25) is 9.59 Å². The maximum Gasteiger partial charge on any atom is 0.387 e. The van der Waals surface area contributed by atoms with E-state index >= 15 is 0 Å². The van der Waals surface area contributed by atoms with E-state index in [0.29, 0.717) is 37.8 Å². The lowest BCUT2D eigenvalue weighted by atomic mass is 9.95. The first-order chi connectivity index (χ1) is 17.4.